The van der Waals surface area contributed by atoms with Gasteiger partial charge in [-0.1, -0.05) is 27.2 Å². The molecule has 1 aromatic heterocycles. The Balaban J connectivity index is 2.53. The summed E-state index contributed by atoms with van der Waals surface area (Å²) in [5.74, 6) is 0. The van der Waals surface area contributed by atoms with Crippen molar-refractivity contribution in [3.05, 3.63) is 39.6 Å². The van der Waals surface area contributed by atoms with Crippen molar-refractivity contribution in [2.45, 2.75) is 13.5 Å². The van der Waals surface area contributed by atoms with Crippen LogP contribution in [0.25, 0.3) is 5.69 Å². The van der Waals surface area contributed by atoms with Crippen LogP contribution in [0, 0.1) is 18.3 Å². The second-order valence-corrected chi connectivity index (χ2v) is 4.63. The summed E-state index contributed by atoms with van der Waals surface area (Å²) in [6, 6.07) is 7.85. The van der Waals surface area contributed by atoms with Gasteiger partial charge in [-0.25, -0.2) is 4.68 Å². The van der Waals surface area contributed by atoms with Crippen LogP contribution in [0.3, 0.4) is 0 Å². The molecule has 0 unspecified atom stereocenters. The summed E-state index contributed by atoms with van der Waals surface area (Å²) in [5, 5.41) is 16.8. The lowest BCUT2D eigenvalue weighted by molar-refractivity contribution is 0.179. The third-order valence-electron chi connectivity index (χ3n) is 2.55. The maximum atomic E-state index is 8.97. The highest BCUT2D eigenvalue weighted by atomic mass is 79.9. The number of nitriles is 1. The smallest absolute Gasteiger partial charge is 0.188 e. The molecule has 0 radical (unpaired) electrons. The van der Waals surface area contributed by atoms with Gasteiger partial charge in [0.2, 0.25) is 0 Å². The zero-order chi connectivity index (χ0) is 13.1. The molecule has 0 bridgehead atoms. The average Bonchev–Trinajstić information content (AvgIpc) is 2.76. The van der Waals surface area contributed by atoms with Crippen LogP contribution < -0.4 is 0 Å². The molecular weight excluding hydrogens is 296 g/mol. The van der Waals surface area contributed by atoms with E-state index in [0.717, 1.165) is 15.7 Å². The Hall–Kier alpha value is -1.71. The molecule has 0 saturated heterocycles. The van der Waals surface area contributed by atoms with E-state index >= 15 is 0 Å². The molecule has 0 atom stereocenters. The third kappa shape index (κ3) is 2.28. The molecule has 0 aliphatic carbocycles. The minimum absolute atomic E-state index is 0.286. The fraction of sp³-hybridized carbons (Fsp3) is 0.250. The van der Waals surface area contributed by atoms with Gasteiger partial charge >= 0.3 is 0 Å². The van der Waals surface area contributed by atoms with Crippen molar-refractivity contribution in [3.63, 3.8) is 0 Å². The van der Waals surface area contributed by atoms with Crippen LogP contribution in [0.5, 0.6) is 0 Å². The number of nitrogens with zero attached hydrogens (tertiary/aromatic N) is 4. The lowest BCUT2D eigenvalue weighted by atomic mass is 10.2. The third-order valence-corrected chi connectivity index (χ3v) is 3.40. The first-order chi connectivity index (χ1) is 8.67. The second-order valence-electron chi connectivity index (χ2n) is 3.77. The van der Waals surface area contributed by atoms with Crippen LogP contribution in [0.4, 0.5) is 0 Å². The van der Waals surface area contributed by atoms with Crippen molar-refractivity contribution < 1.29 is 4.74 Å². The molecule has 1 aromatic carbocycles. The molecule has 0 saturated carbocycles. The molecule has 2 aromatic rings. The molecule has 0 aliphatic rings. The van der Waals surface area contributed by atoms with Gasteiger partial charge < -0.3 is 4.74 Å². The average molecular weight is 307 g/mol. The first kappa shape index (κ1) is 12.7. The largest absolute Gasteiger partial charge is 0.378 e. The molecule has 0 amide bonds. The zero-order valence-electron chi connectivity index (χ0n) is 10.0. The van der Waals surface area contributed by atoms with Crippen molar-refractivity contribution >= 4 is 15.9 Å². The molecule has 18 heavy (non-hydrogen) atoms. The molecular formula is C12H11BrN4O. The van der Waals surface area contributed by atoms with Gasteiger partial charge in [-0.3, -0.25) is 0 Å². The van der Waals surface area contributed by atoms with Crippen LogP contribution in [-0.4, -0.2) is 22.1 Å². The summed E-state index contributed by atoms with van der Waals surface area (Å²) in [6.45, 7) is 2.30. The standard InChI is InChI=1S/C12H11BrN4O/c1-8-3-4-9(5-10(8)13)17-12(7-18-2)11(6-14)15-16-17/h3-5H,7H2,1-2H3. The van der Waals surface area contributed by atoms with Gasteiger partial charge in [0.15, 0.2) is 5.69 Å². The Morgan fingerprint density at radius 1 is 1.50 bits per heavy atom. The summed E-state index contributed by atoms with van der Waals surface area (Å²) in [7, 11) is 1.57. The fourth-order valence-electron chi connectivity index (χ4n) is 1.58. The van der Waals surface area contributed by atoms with E-state index in [9.17, 15) is 0 Å². The summed E-state index contributed by atoms with van der Waals surface area (Å²) in [4.78, 5) is 0. The highest BCUT2D eigenvalue weighted by molar-refractivity contribution is 9.10. The van der Waals surface area contributed by atoms with Gasteiger partial charge in [-0.2, -0.15) is 5.26 Å². The normalized spacial score (nSPS) is 10.3. The number of methoxy groups -OCH3 is 1. The maximum Gasteiger partial charge on any atom is 0.188 e. The van der Waals surface area contributed by atoms with Gasteiger partial charge in [0, 0.05) is 11.6 Å². The van der Waals surface area contributed by atoms with Gasteiger partial charge in [0.25, 0.3) is 0 Å². The molecule has 2 rings (SSSR count). The molecule has 5 nitrogen and oxygen atoms in total. The number of rotatable bonds is 3. The van der Waals surface area contributed by atoms with E-state index in [-0.39, 0.29) is 5.69 Å². The Bertz CT molecular complexity index is 615. The topological polar surface area (TPSA) is 63.7 Å². The van der Waals surface area contributed by atoms with Crippen molar-refractivity contribution in [2.75, 3.05) is 7.11 Å². The summed E-state index contributed by atoms with van der Waals surface area (Å²) in [5.41, 5.74) is 2.91. The lowest BCUT2D eigenvalue weighted by Gasteiger charge is -2.07. The minimum atomic E-state index is 0.286. The van der Waals surface area contributed by atoms with E-state index in [1.165, 1.54) is 0 Å². The first-order valence-corrected chi connectivity index (χ1v) is 6.06. The zero-order valence-corrected chi connectivity index (χ0v) is 11.6. The summed E-state index contributed by atoms with van der Waals surface area (Å²) >= 11 is 3.47. The number of hydrogen-bond acceptors (Lipinski definition) is 4. The lowest BCUT2D eigenvalue weighted by Crippen LogP contribution is -2.04. The van der Waals surface area contributed by atoms with Crippen LogP contribution in [-0.2, 0) is 11.3 Å². The van der Waals surface area contributed by atoms with Crippen LogP contribution in [0.15, 0.2) is 22.7 Å². The molecule has 0 aliphatic heterocycles. The summed E-state index contributed by atoms with van der Waals surface area (Å²) < 4.78 is 7.68. The fourth-order valence-corrected chi connectivity index (χ4v) is 1.94. The molecule has 0 N–H and O–H groups in total. The molecule has 0 fully saturated rings. The quantitative estimate of drug-likeness (QED) is 0.873. The van der Waals surface area contributed by atoms with E-state index < -0.39 is 0 Å². The Kier molecular flexibility index (Phi) is 3.75. The van der Waals surface area contributed by atoms with E-state index in [1.54, 1.807) is 11.8 Å². The number of halogens is 1. The van der Waals surface area contributed by atoms with Crippen molar-refractivity contribution in [1.82, 2.24) is 15.0 Å². The molecule has 0 spiro atoms. The Labute approximate surface area is 113 Å². The number of hydrogen-bond donors (Lipinski definition) is 0. The number of benzene rings is 1. The molecule has 92 valence electrons. The van der Waals surface area contributed by atoms with E-state index in [0.29, 0.717) is 12.3 Å². The first-order valence-electron chi connectivity index (χ1n) is 5.27. The summed E-state index contributed by atoms with van der Waals surface area (Å²) in [6.07, 6.45) is 0. The highest BCUT2D eigenvalue weighted by Gasteiger charge is 2.14. The van der Waals surface area contributed by atoms with Crippen LogP contribution in [0.2, 0.25) is 0 Å². The highest BCUT2D eigenvalue weighted by Crippen LogP contribution is 2.21. The van der Waals surface area contributed by atoms with Crippen molar-refractivity contribution in [2.24, 2.45) is 0 Å². The van der Waals surface area contributed by atoms with Gasteiger partial charge in [0.05, 0.1) is 12.3 Å². The van der Waals surface area contributed by atoms with Crippen molar-refractivity contribution in [3.8, 4) is 11.8 Å². The molecule has 1 heterocycles. The predicted molar refractivity (Wildman–Crippen MR) is 69.2 cm³/mol. The van der Waals surface area contributed by atoms with E-state index in [2.05, 4.69) is 26.2 Å². The Morgan fingerprint density at radius 3 is 2.89 bits per heavy atom. The van der Waals surface area contributed by atoms with Crippen molar-refractivity contribution in [1.29, 1.82) is 5.26 Å². The van der Waals surface area contributed by atoms with Crippen LogP contribution in [0.1, 0.15) is 17.0 Å². The Morgan fingerprint density at radius 2 is 2.28 bits per heavy atom. The number of aryl methyl sites for hydroxylation is 1. The monoisotopic (exact) mass is 306 g/mol. The second kappa shape index (κ2) is 5.29. The van der Waals surface area contributed by atoms with Crippen LogP contribution >= 0.6 is 15.9 Å². The predicted octanol–water partition coefficient (Wildman–Crippen LogP) is 2.36. The number of ether oxygens (including phenoxy) is 1. The SMILES string of the molecule is COCc1c(C#N)nnn1-c1ccc(C)c(Br)c1. The van der Waals surface area contributed by atoms with Gasteiger partial charge in [-0.05, 0) is 24.6 Å². The van der Waals surface area contributed by atoms with E-state index in [4.69, 9.17) is 10.00 Å². The molecule has 6 heteroatoms. The number of aromatic nitrogens is 3. The van der Waals surface area contributed by atoms with Gasteiger partial charge in [0.1, 0.15) is 11.8 Å². The van der Waals surface area contributed by atoms with E-state index in [1.807, 2.05) is 31.2 Å². The maximum absolute atomic E-state index is 8.97. The van der Waals surface area contributed by atoms with Gasteiger partial charge in [-0.15, -0.1) is 5.10 Å². The minimum Gasteiger partial charge on any atom is -0.378 e.